The molecule has 4 aromatic carbocycles. The minimum Gasteiger partial charge on any atom is -0.481 e. The quantitative estimate of drug-likeness (QED) is 0.318. The summed E-state index contributed by atoms with van der Waals surface area (Å²) in [6.07, 6.45) is -1.24. The molecule has 9 heteroatoms. The van der Waals surface area contributed by atoms with Crippen LogP contribution in [0.4, 0.5) is 14.5 Å². The Hall–Kier alpha value is -5.05. The standard InChI is InChI=1S/C31H25F2N3O4/c32-22-15-19(16-23(33)18-22)17-26(37)35-27(20-9-3-1-4-10-20)30(38)36-28-29(21-11-5-2-6-12-21)40-25-14-8-7-13-24(25)34-31(28)39/h1-16,18,27-29H,17H2,(H,34,39)(H,35,37)(H,36,38)/t27-,28-,29-/m0/s1. The highest BCUT2D eigenvalue weighted by molar-refractivity contribution is 6.00. The molecule has 0 spiro atoms. The van der Waals surface area contributed by atoms with Gasteiger partial charge >= 0.3 is 0 Å². The van der Waals surface area contributed by atoms with E-state index in [1.807, 2.05) is 6.07 Å². The number of hydrogen-bond donors (Lipinski definition) is 3. The van der Waals surface area contributed by atoms with E-state index >= 15 is 0 Å². The van der Waals surface area contributed by atoms with Crippen molar-refractivity contribution in [1.82, 2.24) is 10.6 Å². The first-order valence-corrected chi connectivity index (χ1v) is 12.6. The summed E-state index contributed by atoms with van der Waals surface area (Å²) in [5.41, 5.74) is 1.68. The van der Waals surface area contributed by atoms with Gasteiger partial charge in [0.1, 0.15) is 29.5 Å². The third-order valence-electron chi connectivity index (χ3n) is 6.40. The number of fused-ring (bicyclic) bond motifs is 1. The molecule has 1 heterocycles. The zero-order valence-corrected chi connectivity index (χ0v) is 21.1. The maximum absolute atomic E-state index is 13.7. The second-order valence-electron chi connectivity index (χ2n) is 9.29. The van der Waals surface area contributed by atoms with Gasteiger partial charge in [-0.05, 0) is 41.0 Å². The van der Waals surface area contributed by atoms with Crippen molar-refractivity contribution >= 4 is 23.4 Å². The van der Waals surface area contributed by atoms with Crippen molar-refractivity contribution in [2.75, 3.05) is 5.32 Å². The van der Waals surface area contributed by atoms with Gasteiger partial charge in [0.15, 0.2) is 6.10 Å². The lowest BCUT2D eigenvalue weighted by Gasteiger charge is -2.27. The van der Waals surface area contributed by atoms with Crippen LogP contribution in [-0.2, 0) is 20.8 Å². The number of nitrogens with one attached hydrogen (secondary N) is 3. The molecule has 1 aliphatic heterocycles. The number of halogens is 2. The van der Waals surface area contributed by atoms with E-state index in [2.05, 4.69) is 16.0 Å². The van der Waals surface area contributed by atoms with E-state index in [0.29, 0.717) is 28.6 Å². The van der Waals surface area contributed by atoms with Gasteiger partial charge < -0.3 is 20.7 Å². The largest absolute Gasteiger partial charge is 0.481 e. The summed E-state index contributed by atoms with van der Waals surface area (Å²) in [5, 5.41) is 8.21. The van der Waals surface area contributed by atoms with Crippen molar-refractivity contribution in [1.29, 1.82) is 0 Å². The summed E-state index contributed by atoms with van der Waals surface area (Å²) in [6.45, 7) is 0. The Kier molecular flexibility index (Phi) is 7.82. The molecule has 0 aliphatic carbocycles. The molecule has 0 bridgehead atoms. The van der Waals surface area contributed by atoms with Crippen LogP contribution in [0.2, 0.25) is 0 Å². The van der Waals surface area contributed by atoms with Crippen LogP contribution in [0.15, 0.2) is 103 Å². The first-order valence-electron chi connectivity index (χ1n) is 12.6. The third kappa shape index (κ3) is 6.15. The molecule has 0 unspecified atom stereocenters. The second kappa shape index (κ2) is 11.8. The Morgan fingerprint density at radius 2 is 1.48 bits per heavy atom. The molecule has 0 fully saturated rings. The summed E-state index contributed by atoms with van der Waals surface area (Å²) in [4.78, 5) is 40.1. The van der Waals surface area contributed by atoms with Crippen molar-refractivity contribution < 1.29 is 27.9 Å². The molecule has 0 aromatic heterocycles. The summed E-state index contributed by atoms with van der Waals surface area (Å²) < 4.78 is 33.5. The van der Waals surface area contributed by atoms with Gasteiger partial charge in [-0.1, -0.05) is 72.8 Å². The van der Waals surface area contributed by atoms with E-state index in [1.165, 1.54) is 0 Å². The molecule has 0 radical (unpaired) electrons. The van der Waals surface area contributed by atoms with E-state index in [1.54, 1.807) is 78.9 Å². The third-order valence-corrected chi connectivity index (χ3v) is 6.40. The molecule has 3 N–H and O–H groups in total. The fourth-order valence-corrected chi connectivity index (χ4v) is 4.56. The predicted octanol–water partition coefficient (Wildman–Crippen LogP) is 4.62. The van der Waals surface area contributed by atoms with E-state index in [4.69, 9.17) is 4.74 Å². The van der Waals surface area contributed by atoms with Crippen molar-refractivity contribution in [3.05, 3.63) is 131 Å². The van der Waals surface area contributed by atoms with Gasteiger partial charge in [-0.15, -0.1) is 0 Å². The molecule has 0 saturated carbocycles. The first kappa shape index (κ1) is 26.6. The Balaban J connectivity index is 1.42. The van der Waals surface area contributed by atoms with Crippen LogP contribution in [0.5, 0.6) is 5.75 Å². The van der Waals surface area contributed by atoms with Crippen LogP contribution in [0.1, 0.15) is 28.8 Å². The Morgan fingerprint density at radius 1 is 0.850 bits per heavy atom. The van der Waals surface area contributed by atoms with Gasteiger partial charge in [-0.25, -0.2) is 8.78 Å². The maximum atomic E-state index is 13.7. The molecule has 40 heavy (non-hydrogen) atoms. The lowest BCUT2D eigenvalue weighted by atomic mass is 9.99. The average Bonchev–Trinajstić information content (AvgIpc) is 3.08. The topological polar surface area (TPSA) is 96.5 Å². The summed E-state index contributed by atoms with van der Waals surface area (Å²) in [5.74, 6) is -2.99. The maximum Gasteiger partial charge on any atom is 0.251 e. The van der Waals surface area contributed by atoms with E-state index in [0.717, 1.165) is 12.1 Å². The lowest BCUT2D eigenvalue weighted by Crippen LogP contribution is -2.51. The van der Waals surface area contributed by atoms with Gasteiger partial charge in [0.05, 0.1) is 12.1 Å². The number of rotatable bonds is 7. The summed E-state index contributed by atoms with van der Waals surface area (Å²) in [6, 6.07) is 24.9. The molecule has 7 nitrogen and oxygen atoms in total. The van der Waals surface area contributed by atoms with E-state index in [-0.39, 0.29) is 12.0 Å². The van der Waals surface area contributed by atoms with Crippen LogP contribution < -0.4 is 20.7 Å². The van der Waals surface area contributed by atoms with Crippen LogP contribution in [0.25, 0.3) is 0 Å². The smallest absolute Gasteiger partial charge is 0.251 e. The number of amides is 3. The van der Waals surface area contributed by atoms with E-state index in [9.17, 15) is 23.2 Å². The molecule has 202 valence electrons. The van der Waals surface area contributed by atoms with Crippen molar-refractivity contribution in [2.45, 2.75) is 24.6 Å². The molecule has 3 amide bonds. The fraction of sp³-hybridized carbons (Fsp3) is 0.129. The van der Waals surface area contributed by atoms with Crippen molar-refractivity contribution in [3.63, 3.8) is 0 Å². The highest BCUT2D eigenvalue weighted by Crippen LogP contribution is 2.34. The predicted molar refractivity (Wildman–Crippen MR) is 144 cm³/mol. The molecule has 4 aromatic rings. The minimum absolute atomic E-state index is 0.112. The minimum atomic E-state index is -1.21. The molecular formula is C31H25F2N3O4. The Labute approximate surface area is 229 Å². The molecular weight excluding hydrogens is 516 g/mol. The molecule has 0 saturated heterocycles. The number of carbonyl (C=O) groups excluding carboxylic acids is 3. The average molecular weight is 542 g/mol. The SMILES string of the molecule is O=C(Cc1cc(F)cc(F)c1)N[C@H](C(=O)N[C@@H]1C(=O)Nc2ccccc2O[C@H]1c1ccccc1)c1ccccc1. The van der Waals surface area contributed by atoms with Crippen molar-refractivity contribution in [3.8, 4) is 5.75 Å². The number of ether oxygens (including phenoxy) is 1. The monoisotopic (exact) mass is 541 g/mol. The summed E-state index contributed by atoms with van der Waals surface area (Å²) >= 11 is 0. The van der Waals surface area contributed by atoms with Crippen LogP contribution in [0.3, 0.4) is 0 Å². The van der Waals surface area contributed by atoms with E-state index < -0.39 is 47.5 Å². The van der Waals surface area contributed by atoms with Crippen LogP contribution >= 0.6 is 0 Å². The highest BCUT2D eigenvalue weighted by Gasteiger charge is 2.38. The summed E-state index contributed by atoms with van der Waals surface area (Å²) in [7, 11) is 0. The van der Waals surface area contributed by atoms with Crippen LogP contribution in [-0.4, -0.2) is 23.8 Å². The number of benzene rings is 4. The first-order chi connectivity index (χ1) is 19.4. The molecule has 3 atom stereocenters. The van der Waals surface area contributed by atoms with Gasteiger partial charge in [0, 0.05) is 6.07 Å². The molecule has 1 aliphatic rings. The number of anilines is 1. The second-order valence-corrected chi connectivity index (χ2v) is 9.29. The molecule has 5 rings (SSSR count). The van der Waals surface area contributed by atoms with Gasteiger partial charge in [-0.3, -0.25) is 14.4 Å². The highest BCUT2D eigenvalue weighted by atomic mass is 19.1. The number of hydrogen-bond acceptors (Lipinski definition) is 4. The van der Waals surface area contributed by atoms with Gasteiger partial charge in [0.25, 0.3) is 5.91 Å². The fourth-order valence-electron chi connectivity index (χ4n) is 4.56. The number of carbonyl (C=O) groups is 3. The Bertz CT molecular complexity index is 1510. The van der Waals surface area contributed by atoms with Crippen molar-refractivity contribution in [2.24, 2.45) is 0 Å². The van der Waals surface area contributed by atoms with Gasteiger partial charge in [0.2, 0.25) is 11.8 Å². The lowest BCUT2D eigenvalue weighted by molar-refractivity contribution is -0.132. The van der Waals surface area contributed by atoms with Crippen LogP contribution in [0, 0.1) is 11.6 Å². The zero-order valence-electron chi connectivity index (χ0n) is 21.1. The van der Waals surface area contributed by atoms with Gasteiger partial charge in [-0.2, -0.15) is 0 Å². The zero-order chi connectivity index (χ0) is 28.1. The Morgan fingerprint density at radius 3 is 2.17 bits per heavy atom. The number of para-hydroxylation sites is 2. The normalized spacial score (nSPS) is 16.9.